The summed E-state index contributed by atoms with van der Waals surface area (Å²) in [6.07, 6.45) is 2.02. The van der Waals surface area contributed by atoms with Gasteiger partial charge in [0, 0.05) is 25.6 Å². The first-order valence-electron chi connectivity index (χ1n) is 8.95. The predicted octanol–water partition coefficient (Wildman–Crippen LogP) is 3.83. The van der Waals surface area contributed by atoms with Crippen molar-refractivity contribution in [3.8, 4) is 17.3 Å². The van der Waals surface area contributed by atoms with Crippen molar-refractivity contribution in [1.29, 1.82) is 5.26 Å². The number of carbonyl (C=O) groups excluding carboxylic acids is 1. The van der Waals surface area contributed by atoms with Gasteiger partial charge in [-0.2, -0.15) is 10.4 Å². The van der Waals surface area contributed by atoms with Crippen LogP contribution in [0.5, 0.6) is 0 Å². The van der Waals surface area contributed by atoms with Gasteiger partial charge in [-0.05, 0) is 12.8 Å². The summed E-state index contributed by atoms with van der Waals surface area (Å²) in [5, 5.41) is 17.2. The first kappa shape index (κ1) is 20.1. The maximum atomic E-state index is 11.7. The second-order valence-electron chi connectivity index (χ2n) is 5.97. The van der Waals surface area contributed by atoms with Gasteiger partial charge in [0.15, 0.2) is 0 Å². The van der Waals surface area contributed by atoms with E-state index >= 15 is 0 Å². The average molecular weight is 371 g/mol. The minimum Gasteiger partial charge on any atom is -0.310 e. The summed E-state index contributed by atoms with van der Waals surface area (Å²) in [4.78, 5) is 11.7. The van der Waals surface area contributed by atoms with Crippen LogP contribution in [-0.2, 0) is 4.79 Å². The van der Waals surface area contributed by atoms with Gasteiger partial charge < -0.3 is 5.32 Å². The Balaban J connectivity index is 0.00000117. The summed E-state index contributed by atoms with van der Waals surface area (Å²) in [6.45, 7) is 7.29. The van der Waals surface area contributed by atoms with Crippen LogP contribution in [0.1, 0.15) is 45.2 Å². The third-order valence-electron chi connectivity index (χ3n) is 4.14. The molecule has 1 aliphatic heterocycles. The van der Waals surface area contributed by atoms with Crippen LogP contribution in [0.3, 0.4) is 0 Å². The lowest BCUT2D eigenvalue weighted by atomic mass is 10.1. The molecule has 1 aromatic carbocycles. The van der Waals surface area contributed by atoms with E-state index in [1.54, 1.807) is 0 Å². The molecule has 3 rings (SSSR count). The molecule has 0 radical (unpaired) electrons. The molecule has 1 fully saturated rings. The zero-order valence-electron chi connectivity index (χ0n) is 15.6. The average Bonchev–Trinajstić information content (AvgIpc) is 3.01. The number of amides is 1. The number of nitrogens with one attached hydrogen (secondary N) is 1. The maximum absolute atomic E-state index is 11.7. The van der Waals surface area contributed by atoms with Crippen LogP contribution in [-0.4, -0.2) is 33.4 Å². The van der Waals surface area contributed by atoms with Gasteiger partial charge in [-0.1, -0.05) is 53.6 Å². The molecule has 2 unspecified atom stereocenters. The van der Waals surface area contributed by atoms with E-state index in [-0.39, 0.29) is 11.9 Å². The van der Waals surface area contributed by atoms with Crippen molar-refractivity contribution in [3.05, 3.63) is 35.9 Å². The molecule has 0 aliphatic carbocycles. The summed E-state index contributed by atoms with van der Waals surface area (Å²) in [7, 11) is 2.72. The highest BCUT2D eigenvalue weighted by molar-refractivity contribution is 7.13. The predicted molar refractivity (Wildman–Crippen MR) is 108 cm³/mol. The Morgan fingerprint density at radius 1 is 1.35 bits per heavy atom. The van der Waals surface area contributed by atoms with Crippen LogP contribution in [0.25, 0.3) is 11.3 Å². The molecule has 0 saturated carbocycles. The minimum atomic E-state index is -0.203. The molecule has 1 aromatic heterocycles. The quantitative estimate of drug-likeness (QED) is 0.832. The highest BCUT2D eigenvalue weighted by atomic mass is 31.0. The molecule has 138 valence electrons. The van der Waals surface area contributed by atoms with Crippen molar-refractivity contribution >= 4 is 21.1 Å². The van der Waals surface area contributed by atoms with Crippen LogP contribution in [0, 0.1) is 11.3 Å². The van der Waals surface area contributed by atoms with Crippen molar-refractivity contribution in [2.24, 2.45) is 0 Å². The van der Waals surface area contributed by atoms with Gasteiger partial charge in [0.1, 0.15) is 23.1 Å². The highest BCUT2D eigenvalue weighted by Gasteiger charge is 2.27. The normalized spacial score (nSPS) is 17.0. The smallest absolute Gasteiger partial charge is 0.222 e. The van der Waals surface area contributed by atoms with Gasteiger partial charge in [-0.3, -0.25) is 9.46 Å². The summed E-state index contributed by atoms with van der Waals surface area (Å²) in [5.41, 5.74) is 1.90. The van der Waals surface area contributed by atoms with Crippen LogP contribution >= 0.6 is 9.39 Å². The van der Waals surface area contributed by atoms with E-state index in [2.05, 4.69) is 25.4 Å². The van der Waals surface area contributed by atoms with Crippen LogP contribution in [0.15, 0.2) is 30.3 Å². The molecule has 1 N–H and O–H groups in total. The van der Waals surface area contributed by atoms with E-state index in [0.29, 0.717) is 17.1 Å². The monoisotopic (exact) mass is 371 g/mol. The zero-order chi connectivity index (χ0) is 19.1. The summed E-state index contributed by atoms with van der Waals surface area (Å²) >= 11 is 0. The van der Waals surface area contributed by atoms with Gasteiger partial charge in [-0.25, -0.2) is 4.68 Å². The number of anilines is 1. The number of piperidine rings is 1. The van der Waals surface area contributed by atoms with Crippen LogP contribution in [0.4, 0.5) is 5.82 Å². The molecule has 1 amide bonds. The van der Waals surface area contributed by atoms with Crippen molar-refractivity contribution in [2.75, 3.05) is 18.4 Å². The summed E-state index contributed by atoms with van der Waals surface area (Å²) in [5.74, 6) is 0.292. The number of carbonyl (C=O) groups is 1. The minimum absolute atomic E-state index is 0.127. The Kier molecular flexibility index (Phi) is 7.32. The number of hydrogen-bond donors (Lipinski definition) is 1. The first-order valence-corrected chi connectivity index (χ1v) is 9.47. The third-order valence-corrected chi connectivity index (χ3v) is 4.61. The van der Waals surface area contributed by atoms with Crippen LogP contribution < -0.4 is 5.32 Å². The van der Waals surface area contributed by atoms with Gasteiger partial charge in [0.05, 0.1) is 6.04 Å². The summed E-state index contributed by atoms with van der Waals surface area (Å²) < 4.78 is 3.99. The zero-order valence-corrected chi connectivity index (χ0v) is 16.7. The van der Waals surface area contributed by atoms with Crippen molar-refractivity contribution in [2.45, 2.75) is 39.7 Å². The molecule has 1 aliphatic rings. The van der Waals surface area contributed by atoms with E-state index in [1.165, 1.54) is 6.92 Å². The fourth-order valence-corrected chi connectivity index (χ4v) is 3.50. The standard InChI is InChI=1S/C17H20N5OP.C2H6/c1-12(23)19-17-15(10-18)16(13-6-3-2-4-7-13)20-22(17)14-8-5-9-21(24)11-14;1-2/h2-4,6-7,14H,5,8-9,11,24H2,1H3,(H,19,23);1-2H3. The van der Waals surface area contributed by atoms with E-state index in [0.717, 1.165) is 31.5 Å². The molecular formula is C19H26N5OP. The number of benzene rings is 1. The van der Waals surface area contributed by atoms with E-state index in [9.17, 15) is 10.1 Å². The number of hydrogen-bond acceptors (Lipinski definition) is 4. The van der Waals surface area contributed by atoms with Crippen LogP contribution in [0.2, 0.25) is 0 Å². The molecule has 7 heteroatoms. The fourth-order valence-electron chi connectivity index (χ4n) is 3.07. The molecule has 0 spiro atoms. The molecule has 2 aromatic rings. The van der Waals surface area contributed by atoms with Gasteiger partial charge >= 0.3 is 0 Å². The topological polar surface area (TPSA) is 74.0 Å². The second kappa shape index (κ2) is 9.47. The Bertz CT molecular complexity index is 781. The second-order valence-corrected chi connectivity index (χ2v) is 6.70. The largest absolute Gasteiger partial charge is 0.310 e. The highest BCUT2D eigenvalue weighted by Crippen LogP contribution is 2.33. The Hall–Kier alpha value is -2.22. The molecule has 6 nitrogen and oxygen atoms in total. The number of nitriles is 1. The molecular weight excluding hydrogens is 345 g/mol. The van der Waals surface area contributed by atoms with E-state index < -0.39 is 0 Å². The molecule has 2 atom stereocenters. The number of rotatable bonds is 3. The number of aromatic nitrogens is 2. The lowest BCUT2D eigenvalue weighted by Gasteiger charge is -2.30. The van der Waals surface area contributed by atoms with Crippen molar-refractivity contribution in [3.63, 3.8) is 0 Å². The van der Waals surface area contributed by atoms with Crippen molar-refractivity contribution < 1.29 is 4.79 Å². The Labute approximate surface area is 157 Å². The van der Waals surface area contributed by atoms with Crippen molar-refractivity contribution in [1.82, 2.24) is 14.5 Å². The molecule has 26 heavy (non-hydrogen) atoms. The lowest BCUT2D eigenvalue weighted by Crippen LogP contribution is -2.31. The van der Waals surface area contributed by atoms with Gasteiger partial charge in [0.25, 0.3) is 0 Å². The van der Waals surface area contributed by atoms with Gasteiger partial charge in [-0.15, -0.1) is 0 Å². The molecule has 0 bridgehead atoms. The summed E-state index contributed by atoms with van der Waals surface area (Å²) in [6, 6.07) is 12.0. The fraction of sp³-hybridized carbons (Fsp3) is 0.421. The first-order chi connectivity index (χ1) is 12.6. The Morgan fingerprint density at radius 2 is 2.04 bits per heavy atom. The maximum Gasteiger partial charge on any atom is 0.222 e. The third kappa shape index (κ3) is 4.49. The number of nitrogens with zero attached hydrogens (tertiary/aromatic N) is 4. The van der Waals surface area contributed by atoms with E-state index in [1.807, 2.05) is 48.9 Å². The van der Waals surface area contributed by atoms with Gasteiger partial charge in [0.2, 0.25) is 5.91 Å². The lowest BCUT2D eigenvalue weighted by molar-refractivity contribution is -0.114. The molecule has 2 heterocycles. The molecule has 1 saturated heterocycles. The SMILES string of the molecule is CC.CC(=O)Nc1c(C#N)c(-c2ccccc2)nn1C1CCCN(P)C1. The van der Waals surface area contributed by atoms with E-state index in [4.69, 9.17) is 5.10 Å². The Morgan fingerprint density at radius 3 is 2.62 bits per heavy atom.